The molecule has 0 fully saturated rings. The van der Waals surface area contributed by atoms with Crippen LogP contribution in [-0.4, -0.2) is 59.5 Å². The molecular formula is C32H35BN4O4S. The quantitative estimate of drug-likeness (QED) is 0.111. The van der Waals surface area contributed by atoms with Crippen LogP contribution in [0.15, 0.2) is 91.4 Å². The van der Waals surface area contributed by atoms with Crippen molar-refractivity contribution < 1.29 is 19.6 Å². The second-order valence-corrected chi connectivity index (χ2v) is 11.5. The van der Waals surface area contributed by atoms with Crippen LogP contribution in [0.1, 0.15) is 63.1 Å². The highest BCUT2D eigenvalue weighted by Gasteiger charge is 2.24. The van der Waals surface area contributed by atoms with Crippen LogP contribution in [0.3, 0.4) is 0 Å². The Bertz CT molecular complexity index is 1380. The number of carbonyl (C=O) groups is 2. The summed E-state index contributed by atoms with van der Waals surface area (Å²) in [4.78, 5) is 40.2. The summed E-state index contributed by atoms with van der Waals surface area (Å²) in [6, 6.07) is 22.6. The van der Waals surface area contributed by atoms with Gasteiger partial charge < -0.3 is 10.0 Å². The SMILES string of the molecule is CC(=O)c1cccc(CC(SCCCC(=O)c2ccc(CN(Cc3ccccn3)Cc3ccccn3)nc2)B(O)O)c1. The van der Waals surface area contributed by atoms with Crippen LogP contribution in [0.5, 0.6) is 0 Å². The number of benzene rings is 1. The average molecular weight is 583 g/mol. The van der Waals surface area contributed by atoms with Gasteiger partial charge in [0.25, 0.3) is 0 Å². The molecule has 1 atom stereocenters. The third-order valence-corrected chi connectivity index (χ3v) is 8.10. The monoisotopic (exact) mass is 582 g/mol. The van der Waals surface area contributed by atoms with E-state index in [1.54, 1.807) is 36.8 Å². The Morgan fingerprint density at radius 3 is 2.05 bits per heavy atom. The molecule has 42 heavy (non-hydrogen) atoms. The number of thioether (sulfide) groups is 1. The molecule has 0 aliphatic carbocycles. The largest absolute Gasteiger partial charge is 0.465 e. The molecule has 4 rings (SSSR count). The Hall–Kier alpha value is -3.70. The minimum absolute atomic E-state index is 0.00346. The van der Waals surface area contributed by atoms with Crippen molar-refractivity contribution in [3.8, 4) is 0 Å². The lowest BCUT2D eigenvalue weighted by Crippen LogP contribution is -2.30. The van der Waals surface area contributed by atoms with Crippen molar-refractivity contribution in [2.45, 2.75) is 51.0 Å². The molecule has 0 saturated heterocycles. The molecule has 4 aromatic rings. The number of carbonyl (C=O) groups excluding carboxylic acids is 2. The highest BCUT2D eigenvalue weighted by Crippen LogP contribution is 2.21. The van der Waals surface area contributed by atoms with Gasteiger partial charge in [-0.15, -0.1) is 0 Å². The van der Waals surface area contributed by atoms with Crippen molar-refractivity contribution in [1.29, 1.82) is 0 Å². The van der Waals surface area contributed by atoms with E-state index in [0.29, 0.717) is 55.8 Å². The zero-order chi connectivity index (χ0) is 29.7. The van der Waals surface area contributed by atoms with E-state index < -0.39 is 12.3 Å². The Kier molecular flexibility index (Phi) is 12.0. The van der Waals surface area contributed by atoms with Gasteiger partial charge in [0.05, 0.1) is 17.1 Å². The van der Waals surface area contributed by atoms with E-state index in [1.165, 1.54) is 18.7 Å². The van der Waals surface area contributed by atoms with E-state index in [4.69, 9.17) is 0 Å². The molecule has 216 valence electrons. The lowest BCUT2D eigenvalue weighted by Gasteiger charge is -2.21. The summed E-state index contributed by atoms with van der Waals surface area (Å²) in [7, 11) is -1.50. The van der Waals surface area contributed by atoms with Gasteiger partial charge in [-0.1, -0.05) is 30.3 Å². The summed E-state index contributed by atoms with van der Waals surface area (Å²) >= 11 is 1.42. The van der Waals surface area contributed by atoms with E-state index in [1.807, 2.05) is 54.6 Å². The third kappa shape index (κ3) is 9.99. The molecule has 1 unspecified atom stereocenters. The standard InChI is InChI=1S/C32H35BN4O4S/c1-24(38)26-9-6-8-25(18-26)19-32(33(40)41)42-17-7-12-31(39)27-13-14-30(36-20-27)23-37(21-28-10-2-4-15-34-28)22-29-11-3-5-16-35-29/h2-6,8-11,13-16,18,20,32,40-41H,7,12,17,19,21-23H2,1H3. The highest BCUT2D eigenvalue weighted by atomic mass is 32.2. The summed E-state index contributed by atoms with van der Waals surface area (Å²) in [5.41, 5.74) is 4.79. The molecule has 2 N–H and O–H groups in total. The van der Waals surface area contributed by atoms with Gasteiger partial charge in [0.1, 0.15) is 0 Å². The van der Waals surface area contributed by atoms with E-state index in [-0.39, 0.29) is 11.6 Å². The topological polar surface area (TPSA) is 117 Å². The molecule has 3 aromatic heterocycles. The minimum atomic E-state index is -1.50. The number of hydrogen-bond acceptors (Lipinski definition) is 9. The fourth-order valence-electron chi connectivity index (χ4n) is 4.53. The molecule has 0 saturated carbocycles. The number of Topliss-reactive ketones (excluding diaryl/α,β-unsaturated/α-hetero) is 2. The van der Waals surface area contributed by atoms with Crippen molar-refractivity contribution >= 4 is 30.4 Å². The number of nitrogens with zero attached hydrogens (tertiary/aromatic N) is 4. The summed E-state index contributed by atoms with van der Waals surface area (Å²) in [6.45, 7) is 3.37. The van der Waals surface area contributed by atoms with Crippen LogP contribution >= 0.6 is 11.8 Å². The number of rotatable bonds is 16. The predicted molar refractivity (Wildman–Crippen MR) is 166 cm³/mol. The molecular weight excluding hydrogens is 547 g/mol. The average Bonchev–Trinajstić information content (AvgIpc) is 3.00. The summed E-state index contributed by atoms with van der Waals surface area (Å²) in [5, 5.41) is 19.3. The number of hydrogen-bond donors (Lipinski definition) is 2. The van der Waals surface area contributed by atoms with Crippen molar-refractivity contribution in [2.24, 2.45) is 0 Å². The number of ketones is 2. The molecule has 0 aliphatic rings. The van der Waals surface area contributed by atoms with Crippen molar-refractivity contribution in [3.05, 3.63) is 125 Å². The van der Waals surface area contributed by atoms with Crippen LogP contribution in [-0.2, 0) is 26.1 Å². The maximum absolute atomic E-state index is 12.8. The maximum Gasteiger partial charge on any atom is 0.465 e. The Labute approximate surface area is 251 Å². The minimum Gasteiger partial charge on any atom is -0.426 e. The Balaban J connectivity index is 1.28. The lowest BCUT2D eigenvalue weighted by molar-refractivity contribution is 0.0979. The van der Waals surface area contributed by atoms with Gasteiger partial charge >= 0.3 is 7.12 Å². The molecule has 0 bridgehead atoms. The lowest BCUT2D eigenvalue weighted by atomic mass is 9.81. The Morgan fingerprint density at radius 1 is 0.833 bits per heavy atom. The molecule has 8 nitrogen and oxygen atoms in total. The van der Waals surface area contributed by atoms with E-state index in [9.17, 15) is 19.6 Å². The molecule has 3 heterocycles. The maximum atomic E-state index is 12.8. The third-order valence-electron chi connectivity index (χ3n) is 6.74. The van der Waals surface area contributed by atoms with Crippen molar-refractivity contribution in [1.82, 2.24) is 19.9 Å². The van der Waals surface area contributed by atoms with E-state index in [0.717, 1.165) is 22.6 Å². The number of pyridine rings is 3. The zero-order valence-electron chi connectivity index (χ0n) is 23.7. The first kappa shape index (κ1) is 31.2. The normalized spacial score (nSPS) is 11.8. The second-order valence-electron chi connectivity index (χ2n) is 10.1. The van der Waals surface area contributed by atoms with Crippen LogP contribution in [0.25, 0.3) is 0 Å². The summed E-state index contributed by atoms with van der Waals surface area (Å²) in [5.74, 6) is 0.573. The predicted octanol–water partition coefficient (Wildman–Crippen LogP) is 4.60. The van der Waals surface area contributed by atoms with Crippen LogP contribution < -0.4 is 0 Å². The van der Waals surface area contributed by atoms with E-state index in [2.05, 4.69) is 19.9 Å². The fraction of sp³-hybridized carbons (Fsp3) is 0.281. The van der Waals surface area contributed by atoms with Crippen molar-refractivity contribution in [3.63, 3.8) is 0 Å². The zero-order valence-corrected chi connectivity index (χ0v) is 24.5. The van der Waals surface area contributed by atoms with E-state index >= 15 is 0 Å². The molecule has 10 heteroatoms. The Morgan fingerprint density at radius 2 is 1.50 bits per heavy atom. The summed E-state index contributed by atoms with van der Waals surface area (Å²) in [6.07, 6.45) is 6.56. The first-order valence-electron chi connectivity index (χ1n) is 14.0. The van der Waals surface area contributed by atoms with Crippen LogP contribution in [0.4, 0.5) is 0 Å². The van der Waals surface area contributed by atoms with Gasteiger partial charge in [-0.25, -0.2) is 0 Å². The van der Waals surface area contributed by atoms with Gasteiger partial charge in [0, 0.05) is 60.9 Å². The molecule has 1 aromatic carbocycles. The van der Waals surface area contributed by atoms with Gasteiger partial charge in [-0.2, -0.15) is 11.8 Å². The van der Waals surface area contributed by atoms with Crippen molar-refractivity contribution in [2.75, 3.05) is 5.75 Å². The second kappa shape index (κ2) is 16.1. The highest BCUT2D eigenvalue weighted by molar-refractivity contribution is 8.01. The fourth-order valence-corrected chi connectivity index (χ4v) is 5.63. The summed E-state index contributed by atoms with van der Waals surface area (Å²) < 4.78 is 0. The number of aromatic nitrogens is 3. The van der Waals surface area contributed by atoms with Crippen LogP contribution in [0, 0.1) is 0 Å². The van der Waals surface area contributed by atoms with Gasteiger partial charge in [-0.05, 0) is 73.5 Å². The molecule has 0 spiro atoms. The first-order chi connectivity index (χ1) is 20.4. The molecule has 0 radical (unpaired) electrons. The van der Waals surface area contributed by atoms with Gasteiger partial charge in [-0.3, -0.25) is 29.4 Å². The molecule has 0 amide bonds. The van der Waals surface area contributed by atoms with Gasteiger partial charge in [0.2, 0.25) is 0 Å². The molecule has 0 aliphatic heterocycles. The van der Waals surface area contributed by atoms with Crippen LogP contribution in [0.2, 0.25) is 0 Å². The van der Waals surface area contributed by atoms with Gasteiger partial charge in [0.15, 0.2) is 11.6 Å². The smallest absolute Gasteiger partial charge is 0.426 e. The first-order valence-corrected chi connectivity index (χ1v) is 15.0.